The Balaban J connectivity index is 1.52. The zero-order chi connectivity index (χ0) is 22.9. The van der Waals surface area contributed by atoms with E-state index in [1.807, 2.05) is 57.2 Å². The van der Waals surface area contributed by atoms with Crippen LogP contribution in [0.15, 0.2) is 77.8 Å². The number of benzene rings is 3. The van der Waals surface area contributed by atoms with Crippen molar-refractivity contribution in [3.8, 4) is 0 Å². The van der Waals surface area contributed by atoms with Crippen LogP contribution < -0.4 is 5.32 Å². The van der Waals surface area contributed by atoms with Crippen LogP contribution in [0.1, 0.15) is 32.6 Å². The Labute approximate surface area is 188 Å². The summed E-state index contributed by atoms with van der Waals surface area (Å²) in [6, 6.07) is 20.1. The minimum absolute atomic E-state index is 0.112. The van der Waals surface area contributed by atoms with Crippen LogP contribution in [0.2, 0.25) is 0 Å². The molecule has 6 heteroatoms. The number of nitrogens with one attached hydrogen (secondary N) is 1. The summed E-state index contributed by atoms with van der Waals surface area (Å²) in [5.74, 6) is -0.112. The summed E-state index contributed by atoms with van der Waals surface area (Å²) in [5.41, 5.74) is 5.46. The first kappa shape index (κ1) is 21.8. The van der Waals surface area contributed by atoms with Crippen molar-refractivity contribution < 1.29 is 13.2 Å². The molecule has 0 fully saturated rings. The van der Waals surface area contributed by atoms with E-state index in [0.29, 0.717) is 24.0 Å². The largest absolute Gasteiger partial charge is 0.352 e. The predicted molar refractivity (Wildman–Crippen MR) is 128 cm³/mol. The zero-order valence-electron chi connectivity index (χ0n) is 18.4. The number of aromatic nitrogens is 1. The number of aryl methyl sites for hydroxylation is 3. The van der Waals surface area contributed by atoms with Crippen LogP contribution in [-0.2, 0) is 16.4 Å². The molecule has 0 aliphatic carbocycles. The first-order chi connectivity index (χ1) is 15.3. The van der Waals surface area contributed by atoms with Crippen molar-refractivity contribution >= 4 is 26.8 Å². The average Bonchev–Trinajstić information content (AvgIpc) is 3.20. The van der Waals surface area contributed by atoms with Gasteiger partial charge < -0.3 is 5.32 Å². The fourth-order valence-electron chi connectivity index (χ4n) is 3.64. The molecule has 1 heterocycles. The number of carbonyl (C=O) groups excluding carboxylic acids is 1. The second kappa shape index (κ2) is 8.63. The molecule has 0 spiro atoms. The van der Waals surface area contributed by atoms with Crippen molar-refractivity contribution in [1.82, 2.24) is 9.29 Å². The number of rotatable bonds is 6. The van der Waals surface area contributed by atoms with Crippen molar-refractivity contribution in [2.75, 3.05) is 6.54 Å². The molecule has 0 saturated heterocycles. The Bertz CT molecular complexity index is 1400. The molecule has 1 N–H and O–H groups in total. The summed E-state index contributed by atoms with van der Waals surface area (Å²) in [5, 5.41) is 3.80. The number of carbonyl (C=O) groups is 1. The van der Waals surface area contributed by atoms with E-state index in [4.69, 9.17) is 0 Å². The lowest BCUT2D eigenvalue weighted by Crippen LogP contribution is -2.25. The van der Waals surface area contributed by atoms with Crippen molar-refractivity contribution in [3.05, 3.63) is 101 Å². The van der Waals surface area contributed by atoms with Gasteiger partial charge in [-0.15, -0.1) is 0 Å². The van der Waals surface area contributed by atoms with Crippen LogP contribution in [0.3, 0.4) is 0 Å². The third kappa shape index (κ3) is 4.32. The lowest BCUT2D eigenvalue weighted by Gasteiger charge is -2.10. The number of amides is 1. The summed E-state index contributed by atoms with van der Waals surface area (Å²) in [7, 11) is -3.69. The third-order valence-electron chi connectivity index (χ3n) is 5.77. The molecule has 32 heavy (non-hydrogen) atoms. The van der Waals surface area contributed by atoms with Crippen molar-refractivity contribution in [1.29, 1.82) is 0 Å². The van der Waals surface area contributed by atoms with Gasteiger partial charge in [0.1, 0.15) is 0 Å². The molecule has 0 bridgehead atoms. The molecule has 0 unspecified atom stereocenters. The summed E-state index contributed by atoms with van der Waals surface area (Å²) in [6.07, 6.45) is 2.19. The number of hydrogen-bond donors (Lipinski definition) is 1. The quantitative estimate of drug-likeness (QED) is 0.464. The third-order valence-corrected chi connectivity index (χ3v) is 7.47. The highest BCUT2D eigenvalue weighted by atomic mass is 32.2. The van der Waals surface area contributed by atoms with Crippen LogP contribution in [0, 0.1) is 20.8 Å². The summed E-state index contributed by atoms with van der Waals surface area (Å²) >= 11 is 0. The monoisotopic (exact) mass is 446 g/mol. The van der Waals surface area contributed by atoms with Gasteiger partial charge in [0.05, 0.1) is 10.4 Å². The van der Waals surface area contributed by atoms with Gasteiger partial charge in [0, 0.05) is 23.7 Å². The van der Waals surface area contributed by atoms with Gasteiger partial charge in [-0.05, 0) is 80.3 Å². The summed E-state index contributed by atoms with van der Waals surface area (Å²) in [4.78, 5) is 12.7. The van der Waals surface area contributed by atoms with Gasteiger partial charge in [-0.2, -0.15) is 0 Å². The molecular weight excluding hydrogens is 420 g/mol. The van der Waals surface area contributed by atoms with Crippen molar-refractivity contribution in [2.45, 2.75) is 32.1 Å². The zero-order valence-corrected chi connectivity index (χ0v) is 19.2. The molecule has 0 saturated carbocycles. The van der Waals surface area contributed by atoms with Gasteiger partial charge in [0.2, 0.25) is 0 Å². The highest BCUT2D eigenvalue weighted by Gasteiger charge is 2.19. The normalized spacial score (nSPS) is 11.6. The Morgan fingerprint density at radius 2 is 1.62 bits per heavy atom. The standard InChI is InChI=1S/C26H26N2O3S/c1-18-4-10-24(11-5-18)32(30,31)28-15-13-22-9-7-21(17-25(22)28)12-14-27-26(29)23-8-6-19(2)20(3)16-23/h4-11,13,15-17H,12,14H2,1-3H3,(H,27,29). The Kier molecular flexibility index (Phi) is 5.89. The van der Waals surface area contributed by atoms with Crippen LogP contribution >= 0.6 is 0 Å². The molecule has 0 atom stereocenters. The fraction of sp³-hybridized carbons (Fsp3) is 0.192. The van der Waals surface area contributed by atoms with E-state index in [2.05, 4.69) is 5.32 Å². The molecule has 4 aromatic rings. The van der Waals surface area contributed by atoms with E-state index < -0.39 is 10.0 Å². The highest BCUT2D eigenvalue weighted by Crippen LogP contribution is 2.24. The van der Waals surface area contributed by atoms with Gasteiger partial charge in [0.15, 0.2) is 0 Å². The van der Waals surface area contributed by atoms with E-state index in [0.717, 1.165) is 27.6 Å². The van der Waals surface area contributed by atoms with Crippen molar-refractivity contribution in [3.63, 3.8) is 0 Å². The minimum Gasteiger partial charge on any atom is -0.352 e. The molecule has 5 nitrogen and oxygen atoms in total. The molecule has 1 aromatic heterocycles. The predicted octanol–water partition coefficient (Wildman–Crippen LogP) is 4.78. The topological polar surface area (TPSA) is 68.2 Å². The summed E-state index contributed by atoms with van der Waals surface area (Å²) < 4.78 is 27.6. The molecule has 1 amide bonds. The SMILES string of the molecule is Cc1ccc(S(=O)(=O)n2ccc3ccc(CCNC(=O)c4ccc(C)c(C)c4)cc32)cc1. The van der Waals surface area contributed by atoms with E-state index >= 15 is 0 Å². The maximum absolute atomic E-state index is 13.1. The summed E-state index contributed by atoms with van der Waals surface area (Å²) in [6.45, 7) is 6.39. The van der Waals surface area contributed by atoms with E-state index in [1.54, 1.807) is 36.5 Å². The van der Waals surface area contributed by atoms with E-state index in [1.165, 1.54) is 3.97 Å². The van der Waals surface area contributed by atoms with Gasteiger partial charge >= 0.3 is 0 Å². The molecule has 164 valence electrons. The average molecular weight is 447 g/mol. The maximum Gasteiger partial charge on any atom is 0.268 e. The second-order valence-electron chi connectivity index (χ2n) is 8.13. The fourth-order valence-corrected chi connectivity index (χ4v) is 4.99. The molecule has 0 aliphatic rings. The van der Waals surface area contributed by atoms with Crippen LogP contribution in [0.4, 0.5) is 0 Å². The maximum atomic E-state index is 13.1. The Morgan fingerprint density at radius 3 is 2.34 bits per heavy atom. The first-order valence-electron chi connectivity index (χ1n) is 10.5. The molecule has 4 rings (SSSR count). The Morgan fingerprint density at radius 1 is 0.875 bits per heavy atom. The first-order valence-corrected chi connectivity index (χ1v) is 12.0. The van der Waals surface area contributed by atoms with Gasteiger partial charge in [-0.1, -0.05) is 35.9 Å². The lowest BCUT2D eigenvalue weighted by atomic mass is 10.1. The van der Waals surface area contributed by atoms with E-state index in [-0.39, 0.29) is 10.8 Å². The van der Waals surface area contributed by atoms with Gasteiger partial charge in [-0.3, -0.25) is 4.79 Å². The van der Waals surface area contributed by atoms with Gasteiger partial charge in [-0.25, -0.2) is 12.4 Å². The minimum atomic E-state index is -3.69. The van der Waals surface area contributed by atoms with Gasteiger partial charge in [0.25, 0.3) is 15.9 Å². The lowest BCUT2D eigenvalue weighted by molar-refractivity contribution is 0.0954. The van der Waals surface area contributed by atoms with Crippen LogP contribution in [0.5, 0.6) is 0 Å². The van der Waals surface area contributed by atoms with Crippen LogP contribution in [0.25, 0.3) is 10.9 Å². The number of hydrogen-bond acceptors (Lipinski definition) is 3. The smallest absolute Gasteiger partial charge is 0.268 e. The van der Waals surface area contributed by atoms with E-state index in [9.17, 15) is 13.2 Å². The molecule has 0 aliphatic heterocycles. The number of nitrogens with zero attached hydrogens (tertiary/aromatic N) is 1. The molecule has 3 aromatic carbocycles. The number of fused-ring (bicyclic) bond motifs is 1. The highest BCUT2D eigenvalue weighted by molar-refractivity contribution is 7.90. The molecule has 0 radical (unpaired) electrons. The van der Waals surface area contributed by atoms with Crippen molar-refractivity contribution in [2.24, 2.45) is 0 Å². The van der Waals surface area contributed by atoms with Crippen LogP contribution in [-0.4, -0.2) is 24.8 Å². The molecular formula is C26H26N2O3S. The Hall–Kier alpha value is -3.38. The second-order valence-corrected chi connectivity index (χ2v) is 9.94.